The fourth-order valence-corrected chi connectivity index (χ4v) is 5.40. The Bertz CT molecular complexity index is 1290. The van der Waals surface area contributed by atoms with Crippen molar-refractivity contribution in [2.75, 3.05) is 22.9 Å². The van der Waals surface area contributed by atoms with Crippen LogP contribution in [0.1, 0.15) is 17.3 Å². The minimum atomic E-state index is -4.07. The Balaban J connectivity index is 1.91. The first kappa shape index (κ1) is 22.3. The van der Waals surface area contributed by atoms with Gasteiger partial charge in [0, 0.05) is 0 Å². The second-order valence-corrected chi connectivity index (χ2v) is 9.24. The zero-order valence-corrected chi connectivity index (χ0v) is 18.8. The third-order valence-electron chi connectivity index (χ3n) is 5.23. The van der Waals surface area contributed by atoms with Crippen LogP contribution in [0.2, 0.25) is 0 Å². The van der Waals surface area contributed by atoms with E-state index in [0.29, 0.717) is 16.9 Å². The third kappa shape index (κ3) is 4.12. The summed E-state index contributed by atoms with van der Waals surface area (Å²) >= 11 is 0. The Morgan fingerprint density at radius 1 is 1.00 bits per heavy atom. The molecule has 33 heavy (non-hydrogen) atoms. The van der Waals surface area contributed by atoms with Crippen molar-refractivity contribution >= 4 is 27.3 Å². The molecule has 0 saturated heterocycles. The number of nitrogens with zero attached hydrogens (tertiary/aromatic N) is 4. The monoisotopic (exact) mass is 466 g/mol. The molecular weight excluding hydrogens is 444 g/mol. The molecule has 0 fully saturated rings. The average Bonchev–Trinajstić information content (AvgIpc) is 3.16. The van der Waals surface area contributed by atoms with Gasteiger partial charge < -0.3 is 10.0 Å². The topological polar surface area (TPSA) is 105 Å². The highest BCUT2D eigenvalue weighted by atomic mass is 32.2. The molecule has 9 nitrogen and oxygen atoms in total. The molecule has 0 bridgehead atoms. The molecule has 1 unspecified atom stereocenters. The Labute approximate surface area is 191 Å². The summed E-state index contributed by atoms with van der Waals surface area (Å²) in [6, 6.07) is 22.0. The van der Waals surface area contributed by atoms with Crippen LogP contribution in [0.4, 0.5) is 11.4 Å². The van der Waals surface area contributed by atoms with Crippen molar-refractivity contribution in [2.45, 2.75) is 18.0 Å². The van der Waals surface area contributed by atoms with Crippen LogP contribution >= 0.6 is 0 Å². The number of carbonyl (C=O) groups is 1. The predicted molar refractivity (Wildman–Crippen MR) is 122 cm³/mol. The molecule has 3 aromatic carbocycles. The molecule has 0 radical (unpaired) electrons. The summed E-state index contributed by atoms with van der Waals surface area (Å²) in [5.74, 6) is -0.631. The number of anilines is 2. The van der Waals surface area contributed by atoms with E-state index in [1.807, 2.05) is 6.92 Å². The van der Waals surface area contributed by atoms with Gasteiger partial charge in [0.25, 0.3) is 22.5 Å². The molecule has 0 N–H and O–H groups in total. The predicted octanol–water partition coefficient (Wildman–Crippen LogP) is 3.76. The second-order valence-electron chi connectivity index (χ2n) is 7.43. The lowest BCUT2D eigenvalue weighted by molar-refractivity contribution is -0.546. The van der Waals surface area contributed by atoms with Crippen LogP contribution < -0.4 is 9.21 Å². The van der Waals surface area contributed by atoms with Crippen molar-refractivity contribution in [3.63, 3.8) is 0 Å². The average molecular weight is 467 g/mol. The highest BCUT2D eigenvalue weighted by Crippen LogP contribution is 2.49. The number of para-hydroxylation sites is 2. The van der Waals surface area contributed by atoms with Crippen LogP contribution in [-0.4, -0.2) is 32.8 Å². The van der Waals surface area contributed by atoms with Gasteiger partial charge in [-0.3, -0.25) is 9.69 Å². The third-order valence-corrected chi connectivity index (χ3v) is 7.02. The standard InChI is InChI=1S/C23H22N4O5S/c1-17-12-14-19(15-13-17)33(30,31)27-21-11-7-6-10-20(21)26(22(28)16-25(29)24-32-2)23(27)18-8-4-3-5-9-18/h3-15,23H,16H2,1-2H3/b25-24-. The smallest absolute Gasteiger partial charge is 0.298 e. The summed E-state index contributed by atoms with van der Waals surface area (Å²) in [7, 11) is -2.87. The van der Waals surface area contributed by atoms with Gasteiger partial charge in [0.05, 0.1) is 16.3 Å². The number of aryl methyl sites for hydroxylation is 1. The van der Waals surface area contributed by atoms with Gasteiger partial charge in [-0.25, -0.2) is 12.7 Å². The van der Waals surface area contributed by atoms with Crippen LogP contribution in [0.5, 0.6) is 0 Å². The maximum atomic E-state index is 13.9. The van der Waals surface area contributed by atoms with E-state index in [4.69, 9.17) is 0 Å². The van der Waals surface area contributed by atoms with Gasteiger partial charge in [-0.2, -0.15) is 0 Å². The molecule has 1 atom stereocenters. The lowest BCUT2D eigenvalue weighted by Crippen LogP contribution is -2.44. The molecule has 1 amide bonds. The van der Waals surface area contributed by atoms with Gasteiger partial charge in [0.1, 0.15) is 7.11 Å². The maximum Gasteiger partial charge on any atom is 0.298 e. The molecular formula is C23H22N4O5S. The number of hydrogen-bond donors (Lipinski definition) is 0. The molecule has 1 heterocycles. The summed E-state index contributed by atoms with van der Waals surface area (Å²) in [5.41, 5.74) is 2.20. The summed E-state index contributed by atoms with van der Waals surface area (Å²) in [4.78, 5) is 19.3. The van der Waals surface area contributed by atoms with E-state index in [1.165, 1.54) is 28.4 Å². The number of amides is 1. The van der Waals surface area contributed by atoms with E-state index in [9.17, 15) is 18.4 Å². The number of benzene rings is 3. The van der Waals surface area contributed by atoms with Crippen LogP contribution in [0.25, 0.3) is 0 Å². The van der Waals surface area contributed by atoms with Gasteiger partial charge in [-0.05, 0) is 41.6 Å². The second kappa shape index (κ2) is 8.91. The minimum absolute atomic E-state index is 0.0953. The normalized spacial score (nSPS) is 15.9. The molecule has 1 aliphatic heterocycles. The van der Waals surface area contributed by atoms with E-state index in [0.717, 1.165) is 5.56 Å². The summed E-state index contributed by atoms with van der Waals surface area (Å²) in [6.45, 7) is 1.22. The molecule has 10 heteroatoms. The fourth-order valence-electron chi connectivity index (χ4n) is 3.80. The zero-order chi connectivity index (χ0) is 23.6. The van der Waals surface area contributed by atoms with Gasteiger partial charge in [0.2, 0.25) is 0 Å². The minimum Gasteiger partial charge on any atom is -0.597 e. The van der Waals surface area contributed by atoms with Crippen LogP contribution in [0.3, 0.4) is 0 Å². The Morgan fingerprint density at radius 2 is 1.61 bits per heavy atom. The van der Waals surface area contributed by atoms with Crippen molar-refractivity contribution in [1.29, 1.82) is 0 Å². The number of carbonyl (C=O) groups excluding carboxylic acids is 1. The highest BCUT2D eigenvalue weighted by molar-refractivity contribution is 7.92. The van der Waals surface area contributed by atoms with Crippen molar-refractivity contribution in [2.24, 2.45) is 5.28 Å². The van der Waals surface area contributed by atoms with Crippen molar-refractivity contribution in [3.05, 3.63) is 95.2 Å². The van der Waals surface area contributed by atoms with Crippen molar-refractivity contribution in [3.8, 4) is 0 Å². The SMILES string of the molecule is CO/N=[N+](\[O-])CC(=O)N1c2ccccc2N(S(=O)(=O)c2ccc(C)cc2)C1c1ccccc1. The van der Waals surface area contributed by atoms with Gasteiger partial charge in [-0.1, -0.05) is 60.2 Å². The van der Waals surface area contributed by atoms with Crippen LogP contribution in [-0.2, 0) is 19.7 Å². The first-order valence-electron chi connectivity index (χ1n) is 10.1. The van der Waals surface area contributed by atoms with E-state index in [2.05, 4.69) is 10.1 Å². The van der Waals surface area contributed by atoms with E-state index in [1.54, 1.807) is 66.7 Å². The molecule has 0 aromatic heterocycles. The van der Waals surface area contributed by atoms with Crippen molar-refractivity contribution < 1.29 is 22.9 Å². The Morgan fingerprint density at radius 3 is 2.24 bits per heavy atom. The van der Waals surface area contributed by atoms with E-state index < -0.39 is 28.6 Å². The number of hydrogen-bond acceptors (Lipinski definition) is 6. The number of hydroxylamine groups is 1. The van der Waals surface area contributed by atoms with Crippen LogP contribution in [0, 0.1) is 12.1 Å². The lowest BCUT2D eigenvalue weighted by atomic mass is 10.1. The molecule has 170 valence electrons. The number of rotatable bonds is 6. The maximum absolute atomic E-state index is 13.9. The van der Waals surface area contributed by atoms with Gasteiger partial charge in [-0.15, -0.1) is 0 Å². The molecule has 0 saturated carbocycles. The first-order valence-corrected chi connectivity index (χ1v) is 11.5. The summed E-state index contributed by atoms with van der Waals surface area (Å²) in [6.07, 6.45) is -1.03. The molecule has 4 rings (SSSR count). The van der Waals surface area contributed by atoms with Gasteiger partial charge in [0.15, 0.2) is 11.4 Å². The van der Waals surface area contributed by atoms with E-state index >= 15 is 0 Å². The van der Waals surface area contributed by atoms with E-state index in [-0.39, 0.29) is 9.76 Å². The number of sulfonamides is 1. The lowest BCUT2D eigenvalue weighted by Gasteiger charge is -2.31. The Hall–Kier alpha value is -3.92. The fraction of sp³-hybridized carbons (Fsp3) is 0.174. The first-order chi connectivity index (χ1) is 15.8. The molecule has 0 aliphatic carbocycles. The largest absolute Gasteiger partial charge is 0.597 e. The Kier molecular flexibility index (Phi) is 6.01. The highest BCUT2D eigenvalue weighted by Gasteiger charge is 2.47. The summed E-state index contributed by atoms with van der Waals surface area (Å²) in [5, 5.41) is 15.2. The molecule has 3 aromatic rings. The zero-order valence-electron chi connectivity index (χ0n) is 18.0. The summed E-state index contributed by atoms with van der Waals surface area (Å²) < 4.78 is 28.9. The van der Waals surface area contributed by atoms with Gasteiger partial charge >= 0.3 is 0 Å². The van der Waals surface area contributed by atoms with Crippen molar-refractivity contribution in [1.82, 2.24) is 0 Å². The number of fused-ring (bicyclic) bond motifs is 1. The quantitative estimate of drug-likeness (QED) is 0.312. The molecule has 0 spiro atoms. The molecule has 1 aliphatic rings. The van der Waals surface area contributed by atoms with Crippen LogP contribution in [0.15, 0.2) is 89.0 Å².